The lowest BCUT2D eigenvalue weighted by atomic mass is 10.5. The van der Waals surface area contributed by atoms with Crippen LogP contribution in [-0.2, 0) is 4.74 Å². The average Bonchev–Trinajstić information content (AvgIpc) is 1.81. The Labute approximate surface area is 54.1 Å². The molecule has 0 heterocycles. The molecule has 0 fully saturated rings. The highest BCUT2D eigenvalue weighted by Gasteiger charge is 1.81. The summed E-state index contributed by atoms with van der Waals surface area (Å²) in [5.41, 5.74) is 0. The summed E-state index contributed by atoms with van der Waals surface area (Å²) in [5.74, 6) is 0. The Morgan fingerprint density at radius 3 is 2.88 bits per heavy atom. The van der Waals surface area contributed by atoms with Crippen molar-refractivity contribution in [2.75, 3.05) is 19.8 Å². The van der Waals surface area contributed by atoms with Crippen LogP contribution in [0.2, 0.25) is 0 Å². The molecule has 0 atom stereocenters. The van der Waals surface area contributed by atoms with Gasteiger partial charge in [0.25, 0.3) is 0 Å². The molecule has 3 heteroatoms. The van der Waals surface area contributed by atoms with Gasteiger partial charge in [0.2, 0.25) is 0 Å². The lowest BCUT2D eigenvalue weighted by Gasteiger charge is -1.98. The molecule has 8 heavy (non-hydrogen) atoms. The normalized spacial score (nSPS) is 10.1. The Hall–Kier alpha value is 0.137. The van der Waals surface area contributed by atoms with E-state index in [1.807, 2.05) is 6.92 Å². The molecular weight excluding hydrogens is 118 g/mol. The molecule has 0 aliphatic carbocycles. The Balaban J connectivity index is 2.53. The SMILES string of the molecule is CCOCCCN[SiH3]. The van der Waals surface area contributed by atoms with Crippen LogP contribution in [0.1, 0.15) is 13.3 Å². The third kappa shape index (κ3) is 6.14. The number of rotatable bonds is 5. The Kier molecular flexibility index (Phi) is 7.26. The van der Waals surface area contributed by atoms with Gasteiger partial charge in [0.1, 0.15) is 0 Å². The molecule has 2 nitrogen and oxygen atoms in total. The van der Waals surface area contributed by atoms with E-state index in [1.54, 1.807) is 0 Å². The molecule has 0 aliphatic heterocycles. The van der Waals surface area contributed by atoms with Gasteiger partial charge >= 0.3 is 0 Å². The zero-order chi connectivity index (χ0) is 6.24. The van der Waals surface area contributed by atoms with Crippen molar-refractivity contribution in [1.82, 2.24) is 4.98 Å². The first-order valence-electron chi connectivity index (χ1n) is 3.14. The van der Waals surface area contributed by atoms with E-state index in [9.17, 15) is 0 Å². The van der Waals surface area contributed by atoms with E-state index < -0.39 is 0 Å². The number of ether oxygens (including phenoxy) is 1. The summed E-state index contributed by atoms with van der Waals surface area (Å²) in [6.07, 6.45) is 1.15. The van der Waals surface area contributed by atoms with E-state index in [4.69, 9.17) is 4.74 Å². The maximum Gasteiger partial charge on any atom is 0.0749 e. The first-order valence-corrected chi connectivity index (χ1v) is 4.14. The predicted molar refractivity (Wildman–Crippen MR) is 39.1 cm³/mol. The van der Waals surface area contributed by atoms with Gasteiger partial charge in [-0.05, 0) is 19.9 Å². The minimum atomic E-state index is 0.848. The summed E-state index contributed by atoms with van der Waals surface area (Å²) < 4.78 is 5.11. The van der Waals surface area contributed by atoms with Crippen molar-refractivity contribution < 1.29 is 4.74 Å². The fourth-order valence-corrected chi connectivity index (χ4v) is 0.849. The quantitative estimate of drug-likeness (QED) is 0.395. The molecule has 0 unspecified atom stereocenters. The van der Waals surface area contributed by atoms with Crippen LogP contribution in [0.25, 0.3) is 0 Å². The zero-order valence-corrected chi connectivity index (χ0v) is 7.74. The molecule has 0 aromatic carbocycles. The van der Waals surface area contributed by atoms with Gasteiger partial charge in [0.05, 0.1) is 10.4 Å². The molecule has 1 N–H and O–H groups in total. The van der Waals surface area contributed by atoms with Crippen LogP contribution in [0.4, 0.5) is 0 Å². The average molecular weight is 133 g/mol. The molecular formula is C5H15NOSi. The fourth-order valence-electron chi connectivity index (χ4n) is 0.495. The maximum absolute atomic E-state index is 5.11. The monoisotopic (exact) mass is 133 g/mol. The summed E-state index contributed by atoms with van der Waals surface area (Å²) in [6.45, 7) is 4.90. The molecule has 0 aromatic rings. The van der Waals surface area contributed by atoms with Crippen molar-refractivity contribution in [3.8, 4) is 0 Å². The molecule has 0 amide bonds. The topological polar surface area (TPSA) is 21.3 Å². The van der Waals surface area contributed by atoms with Crippen molar-refractivity contribution in [3.05, 3.63) is 0 Å². The Morgan fingerprint density at radius 1 is 1.62 bits per heavy atom. The predicted octanol–water partition coefficient (Wildman–Crippen LogP) is -0.717. The lowest BCUT2D eigenvalue weighted by Crippen LogP contribution is -2.12. The standard InChI is InChI=1S/C5H15NOSi/c1-2-7-5-3-4-6-8/h6H,2-5H2,1,8H3. The molecule has 0 spiro atoms. The Bertz CT molecular complexity index is 37.4. The maximum atomic E-state index is 5.11. The molecule has 0 saturated carbocycles. The second-order valence-electron chi connectivity index (χ2n) is 1.65. The number of hydrogen-bond donors (Lipinski definition) is 1. The largest absolute Gasteiger partial charge is 0.382 e. The number of hydrogen-bond acceptors (Lipinski definition) is 2. The van der Waals surface area contributed by atoms with E-state index in [0.29, 0.717) is 0 Å². The van der Waals surface area contributed by atoms with Gasteiger partial charge in [-0.15, -0.1) is 0 Å². The van der Waals surface area contributed by atoms with E-state index in [0.717, 1.165) is 36.6 Å². The third-order valence-electron chi connectivity index (χ3n) is 0.920. The summed E-state index contributed by atoms with van der Waals surface area (Å²) in [4.78, 5) is 3.19. The van der Waals surface area contributed by atoms with E-state index in [2.05, 4.69) is 4.98 Å². The first-order chi connectivity index (χ1) is 3.91. The summed E-state index contributed by atoms with van der Waals surface area (Å²) >= 11 is 0. The first kappa shape index (κ1) is 8.14. The van der Waals surface area contributed by atoms with Crippen LogP contribution < -0.4 is 4.98 Å². The van der Waals surface area contributed by atoms with E-state index >= 15 is 0 Å². The highest BCUT2D eigenvalue weighted by Crippen LogP contribution is 1.77. The summed E-state index contributed by atoms with van der Waals surface area (Å²) in [7, 11) is 1.10. The molecule has 0 rings (SSSR count). The van der Waals surface area contributed by atoms with Crippen LogP contribution in [0.5, 0.6) is 0 Å². The third-order valence-corrected chi connectivity index (χ3v) is 1.42. The van der Waals surface area contributed by atoms with Crippen LogP contribution in [0.3, 0.4) is 0 Å². The summed E-state index contributed by atoms with van der Waals surface area (Å²) in [5, 5.41) is 0. The van der Waals surface area contributed by atoms with Crippen molar-refractivity contribution in [2.45, 2.75) is 13.3 Å². The molecule has 0 aromatic heterocycles. The summed E-state index contributed by atoms with van der Waals surface area (Å²) in [6, 6.07) is 0. The van der Waals surface area contributed by atoms with Gasteiger partial charge in [0.15, 0.2) is 0 Å². The van der Waals surface area contributed by atoms with Gasteiger partial charge in [-0.2, -0.15) is 0 Å². The molecule has 0 radical (unpaired) electrons. The van der Waals surface area contributed by atoms with Crippen LogP contribution in [-0.4, -0.2) is 30.2 Å². The smallest absolute Gasteiger partial charge is 0.0749 e. The second-order valence-corrected chi connectivity index (χ2v) is 2.36. The molecule has 0 aliphatic rings. The lowest BCUT2D eigenvalue weighted by molar-refractivity contribution is 0.146. The Morgan fingerprint density at radius 2 is 2.38 bits per heavy atom. The van der Waals surface area contributed by atoms with Gasteiger partial charge in [-0.3, -0.25) is 0 Å². The van der Waals surface area contributed by atoms with Crippen molar-refractivity contribution in [2.24, 2.45) is 0 Å². The highest BCUT2D eigenvalue weighted by molar-refractivity contribution is 6.04. The van der Waals surface area contributed by atoms with E-state index in [-0.39, 0.29) is 0 Å². The van der Waals surface area contributed by atoms with Gasteiger partial charge in [0, 0.05) is 13.2 Å². The van der Waals surface area contributed by atoms with Gasteiger partial charge in [-0.1, -0.05) is 0 Å². The van der Waals surface area contributed by atoms with Crippen LogP contribution >= 0.6 is 0 Å². The van der Waals surface area contributed by atoms with Crippen molar-refractivity contribution >= 4 is 10.4 Å². The van der Waals surface area contributed by atoms with Crippen molar-refractivity contribution in [3.63, 3.8) is 0 Å². The van der Waals surface area contributed by atoms with Crippen LogP contribution in [0.15, 0.2) is 0 Å². The second kappa shape index (κ2) is 7.14. The minimum Gasteiger partial charge on any atom is -0.382 e. The minimum absolute atomic E-state index is 0.848. The fraction of sp³-hybridized carbons (Fsp3) is 1.00. The van der Waals surface area contributed by atoms with Crippen molar-refractivity contribution in [1.29, 1.82) is 0 Å². The molecule has 0 bridgehead atoms. The molecule has 50 valence electrons. The number of nitrogens with one attached hydrogen (secondary N) is 1. The highest BCUT2D eigenvalue weighted by atomic mass is 28.2. The zero-order valence-electron chi connectivity index (χ0n) is 5.74. The van der Waals surface area contributed by atoms with Gasteiger partial charge in [-0.25, -0.2) is 0 Å². The molecule has 0 saturated heterocycles. The van der Waals surface area contributed by atoms with Gasteiger partial charge < -0.3 is 9.72 Å². The van der Waals surface area contributed by atoms with Crippen LogP contribution in [0, 0.1) is 0 Å². The van der Waals surface area contributed by atoms with E-state index in [1.165, 1.54) is 0 Å².